The summed E-state index contributed by atoms with van der Waals surface area (Å²) in [5, 5.41) is 10.3. The molecule has 10 nitrogen and oxygen atoms in total. The van der Waals surface area contributed by atoms with Crippen LogP contribution in [0.1, 0.15) is 74.9 Å². The van der Waals surface area contributed by atoms with Crippen LogP contribution in [-0.2, 0) is 31.1 Å². The molecule has 2 unspecified atom stereocenters. The van der Waals surface area contributed by atoms with Crippen molar-refractivity contribution in [2.75, 3.05) is 11.5 Å². The van der Waals surface area contributed by atoms with Crippen LogP contribution in [0.2, 0.25) is 0 Å². The van der Waals surface area contributed by atoms with Gasteiger partial charge in [-0.15, -0.1) is 0 Å². The molecule has 2 atom stereocenters. The minimum atomic E-state index is -4.17. The predicted octanol–water partition coefficient (Wildman–Crippen LogP) is 3.45. The highest BCUT2D eigenvalue weighted by atomic mass is 32.2. The highest BCUT2D eigenvalue weighted by molar-refractivity contribution is 7.86. The lowest BCUT2D eigenvalue weighted by molar-refractivity contribution is 0.0692. The third kappa shape index (κ3) is 4.75. The molecule has 1 aromatic rings. The van der Waals surface area contributed by atoms with Crippen molar-refractivity contribution >= 4 is 49.0 Å². The number of hydrogen-bond acceptors (Lipinski definition) is 7. The summed E-state index contributed by atoms with van der Waals surface area (Å²) in [5.41, 5.74) is 1.41. The lowest BCUT2D eigenvalue weighted by Gasteiger charge is -2.32. The van der Waals surface area contributed by atoms with E-state index in [1.165, 1.54) is 0 Å². The zero-order valence-electron chi connectivity index (χ0n) is 18.9. The van der Waals surface area contributed by atoms with Gasteiger partial charge in [-0.25, -0.2) is 4.79 Å². The largest absolute Gasteiger partial charge is 0.478 e. The first-order valence-electron chi connectivity index (χ1n) is 10.5. The predicted molar refractivity (Wildman–Crippen MR) is 125 cm³/mol. The lowest BCUT2D eigenvalue weighted by atomic mass is 9.68. The molecule has 12 heteroatoms. The van der Waals surface area contributed by atoms with Crippen molar-refractivity contribution in [1.29, 1.82) is 0 Å². The highest BCUT2D eigenvalue weighted by Gasteiger charge is 2.47. The van der Waals surface area contributed by atoms with Gasteiger partial charge in [-0.05, 0) is 45.6 Å². The fourth-order valence-corrected chi connectivity index (χ4v) is 5.98. The van der Waals surface area contributed by atoms with Crippen LogP contribution in [0.3, 0.4) is 0 Å². The number of rotatable bonds is 9. The first-order valence-corrected chi connectivity index (χ1v) is 13.7. The Hall–Kier alpha value is -2.15. The molecule has 182 valence electrons. The molecule has 0 amide bonds. The molecule has 33 heavy (non-hydrogen) atoms. The fourth-order valence-electron chi connectivity index (χ4n) is 4.96. The maximum atomic E-state index is 12.6. The van der Waals surface area contributed by atoms with Gasteiger partial charge < -0.3 is 5.11 Å². The van der Waals surface area contributed by atoms with Gasteiger partial charge >= 0.3 is 5.97 Å². The molecule has 0 bridgehead atoms. The number of carboxylic acid groups (broad SMARTS) is 1. The summed E-state index contributed by atoms with van der Waals surface area (Å²) >= 11 is 0. The molecular weight excluding hydrogens is 472 g/mol. The molecule has 0 saturated carbocycles. The van der Waals surface area contributed by atoms with Gasteiger partial charge in [-0.1, -0.05) is 13.8 Å². The Morgan fingerprint density at radius 1 is 0.848 bits per heavy atom. The van der Waals surface area contributed by atoms with Crippen LogP contribution in [-0.4, -0.2) is 59.9 Å². The summed E-state index contributed by atoms with van der Waals surface area (Å²) in [6, 6.07) is 1.71. The van der Waals surface area contributed by atoms with E-state index in [0.29, 0.717) is 33.9 Å². The average molecular weight is 501 g/mol. The Balaban J connectivity index is 2.13. The maximum Gasteiger partial charge on any atom is 0.336 e. The number of aliphatic imine (C=N–C) groups is 2. The summed E-state index contributed by atoms with van der Waals surface area (Å²) in [4.78, 5) is 21.7. The topological polar surface area (TPSA) is 171 Å². The fraction of sp³-hybridized carbons (Fsp3) is 0.571. The molecule has 3 rings (SSSR count). The van der Waals surface area contributed by atoms with Gasteiger partial charge in [-0.3, -0.25) is 19.1 Å². The van der Waals surface area contributed by atoms with E-state index in [4.69, 9.17) is 9.11 Å². The van der Waals surface area contributed by atoms with Gasteiger partial charge in [0.2, 0.25) is 0 Å². The summed E-state index contributed by atoms with van der Waals surface area (Å²) in [6.07, 6.45) is 0.735. The summed E-state index contributed by atoms with van der Waals surface area (Å²) in [7, 11) is -8.33. The number of carbonyl (C=O) groups is 1. The van der Waals surface area contributed by atoms with Gasteiger partial charge in [0.25, 0.3) is 20.2 Å². The van der Waals surface area contributed by atoms with Crippen LogP contribution in [0.15, 0.2) is 16.1 Å². The second kappa shape index (κ2) is 8.26. The smallest absolute Gasteiger partial charge is 0.336 e. The first-order chi connectivity index (χ1) is 15.0. The normalized spacial score (nSPS) is 24.3. The molecule has 0 aliphatic carbocycles. The van der Waals surface area contributed by atoms with Crippen molar-refractivity contribution in [1.82, 2.24) is 0 Å². The van der Waals surface area contributed by atoms with Crippen molar-refractivity contribution in [3.8, 4) is 0 Å². The van der Waals surface area contributed by atoms with Crippen LogP contribution >= 0.6 is 0 Å². The van der Waals surface area contributed by atoms with E-state index in [-0.39, 0.29) is 31.2 Å². The van der Waals surface area contributed by atoms with Gasteiger partial charge in [-0.2, -0.15) is 16.8 Å². The number of benzene rings is 1. The van der Waals surface area contributed by atoms with Crippen LogP contribution < -0.4 is 0 Å². The first kappa shape index (κ1) is 25.5. The molecular formula is C21H28N2O8S2. The van der Waals surface area contributed by atoms with Crippen molar-refractivity contribution in [3.63, 3.8) is 0 Å². The molecule has 0 saturated heterocycles. The van der Waals surface area contributed by atoms with E-state index in [9.17, 15) is 26.7 Å². The summed E-state index contributed by atoms with van der Waals surface area (Å²) in [6.45, 7) is 7.12. The van der Waals surface area contributed by atoms with E-state index < -0.39 is 48.5 Å². The molecule has 2 aliphatic rings. The number of carboxylic acids is 1. The van der Waals surface area contributed by atoms with E-state index in [1.807, 2.05) is 0 Å². The number of fused-ring (bicyclic) bond motifs is 2. The van der Waals surface area contributed by atoms with Gasteiger partial charge in [0.1, 0.15) is 0 Å². The maximum absolute atomic E-state index is 12.6. The number of aromatic carboxylic acids is 1. The standard InChI is InChI=1S/C21H28N2O8S2/c1-12-20(3,7-5-9-32(26,27)28)17-14(22-12)11-15-18(16(17)19(24)25)21(4,13(2)23-15)8-6-10-33(29,30)31/h11H,5-10H2,1-4H3,(H,24,25)(H,26,27,28)(H,29,30,31). The Morgan fingerprint density at radius 2 is 1.21 bits per heavy atom. The SMILES string of the molecule is CC1=Nc2cc3c(c(C(=O)O)c2C1(C)CCCS(=O)(=O)O)C(C)(CCCS(=O)(=O)O)C(C)=N3. The quantitative estimate of drug-likeness (QED) is 0.433. The zero-order chi connectivity index (χ0) is 25.0. The Morgan fingerprint density at radius 3 is 1.52 bits per heavy atom. The number of hydrogen-bond donors (Lipinski definition) is 3. The lowest BCUT2D eigenvalue weighted by Crippen LogP contribution is -2.34. The van der Waals surface area contributed by atoms with E-state index in [2.05, 4.69) is 9.98 Å². The van der Waals surface area contributed by atoms with Gasteiger partial charge in [0.15, 0.2) is 0 Å². The van der Waals surface area contributed by atoms with Gasteiger partial charge in [0, 0.05) is 33.4 Å². The minimum absolute atomic E-state index is 0.0346. The Labute approximate surface area is 193 Å². The van der Waals surface area contributed by atoms with Gasteiger partial charge in [0.05, 0.1) is 28.4 Å². The van der Waals surface area contributed by atoms with Crippen molar-refractivity contribution in [2.24, 2.45) is 9.98 Å². The average Bonchev–Trinajstić information content (AvgIpc) is 3.02. The van der Waals surface area contributed by atoms with Crippen molar-refractivity contribution < 1.29 is 35.8 Å². The Kier molecular flexibility index (Phi) is 6.37. The second-order valence-corrected chi connectivity index (χ2v) is 12.3. The summed E-state index contributed by atoms with van der Waals surface area (Å²) < 4.78 is 63.1. The molecule has 2 aliphatic heterocycles. The minimum Gasteiger partial charge on any atom is -0.478 e. The van der Waals surface area contributed by atoms with Crippen LogP contribution in [0, 0.1) is 0 Å². The van der Waals surface area contributed by atoms with Crippen LogP contribution in [0.5, 0.6) is 0 Å². The third-order valence-corrected chi connectivity index (χ3v) is 8.54. The zero-order valence-corrected chi connectivity index (χ0v) is 20.5. The van der Waals surface area contributed by atoms with Crippen LogP contribution in [0.25, 0.3) is 0 Å². The second-order valence-electron chi connectivity index (χ2n) is 9.18. The van der Waals surface area contributed by atoms with Crippen LogP contribution in [0.4, 0.5) is 11.4 Å². The van der Waals surface area contributed by atoms with Crippen molar-refractivity contribution in [3.05, 3.63) is 22.8 Å². The molecule has 1 aromatic carbocycles. The molecule has 3 N–H and O–H groups in total. The van der Waals surface area contributed by atoms with Crippen molar-refractivity contribution in [2.45, 2.75) is 64.2 Å². The molecule has 0 spiro atoms. The molecule has 2 heterocycles. The number of nitrogens with zero attached hydrogens (tertiary/aromatic N) is 2. The van der Waals surface area contributed by atoms with E-state index in [1.54, 1.807) is 33.8 Å². The monoisotopic (exact) mass is 500 g/mol. The van der Waals surface area contributed by atoms with E-state index >= 15 is 0 Å². The van der Waals surface area contributed by atoms with E-state index in [0.717, 1.165) is 0 Å². The molecule has 0 aromatic heterocycles. The highest BCUT2D eigenvalue weighted by Crippen LogP contribution is 2.54. The third-order valence-electron chi connectivity index (χ3n) is 6.93. The Bertz CT molecular complexity index is 1210. The summed E-state index contributed by atoms with van der Waals surface area (Å²) in [5.74, 6) is -2.08. The molecule has 0 fully saturated rings. The molecule has 0 radical (unpaired) electrons.